The Hall–Kier alpha value is -2.86. The summed E-state index contributed by atoms with van der Waals surface area (Å²) in [7, 11) is 0. The van der Waals surface area contributed by atoms with Crippen LogP contribution in [-0.4, -0.2) is 46.3 Å². The summed E-state index contributed by atoms with van der Waals surface area (Å²) in [4.78, 5) is 34.1. The van der Waals surface area contributed by atoms with Gasteiger partial charge >= 0.3 is 0 Å². The second-order valence-corrected chi connectivity index (χ2v) is 7.75. The Balaban J connectivity index is 1.25. The number of benzene rings is 1. The summed E-state index contributed by atoms with van der Waals surface area (Å²) in [5.74, 6) is 0.322. The van der Waals surface area contributed by atoms with Gasteiger partial charge in [-0.1, -0.05) is 11.6 Å². The van der Waals surface area contributed by atoms with E-state index in [0.29, 0.717) is 29.5 Å². The van der Waals surface area contributed by atoms with Crippen molar-refractivity contribution in [2.75, 3.05) is 19.6 Å². The molecule has 0 spiro atoms. The number of nitrogens with one attached hydrogen (secondary N) is 2. The maximum absolute atomic E-state index is 12.5. The molecule has 1 aliphatic rings. The fourth-order valence-electron chi connectivity index (χ4n) is 3.90. The standard InChI is InChI=1S/C22H23ClN4O2/c23-17-5-3-16(4-6-17)22(29)25-11-7-20(28)27-12-8-15(9-13-27)19-14-26-21-18(19)2-1-10-24-21/h1-6,10,14-15H,7-9,11-13H2,(H,24,26)(H,25,29). The Kier molecular flexibility index (Phi) is 5.81. The molecule has 29 heavy (non-hydrogen) atoms. The quantitative estimate of drug-likeness (QED) is 0.672. The van der Waals surface area contributed by atoms with E-state index < -0.39 is 0 Å². The largest absolute Gasteiger partial charge is 0.352 e. The SMILES string of the molecule is O=C(NCCC(=O)N1CCC(c2c[nH]c3ncccc23)CC1)c1ccc(Cl)cc1. The summed E-state index contributed by atoms with van der Waals surface area (Å²) in [6.45, 7) is 1.80. The Labute approximate surface area is 174 Å². The second-order valence-electron chi connectivity index (χ2n) is 7.31. The highest BCUT2D eigenvalue weighted by Gasteiger charge is 2.25. The molecule has 0 saturated carbocycles. The van der Waals surface area contributed by atoms with Crippen molar-refractivity contribution in [2.24, 2.45) is 0 Å². The average Bonchev–Trinajstić information content (AvgIpc) is 3.18. The van der Waals surface area contributed by atoms with Gasteiger partial charge < -0.3 is 15.2 Å². The van der Waals surface area contributed by atoms with Crippen molar-refractivity contribution in [2.45, 2.75) is 25.2 Å². The summed E-state index contributed by atoms with van der Waals surface area (Å²) in [6, 6.07) is 10.7. The molecule has 150 valence electrons. The van der Waals surface area contributed by atoms with Crippen molar-refractivity contribution >= 4 is 34.4 Å². The van der Waals surface area contributed by atoms with E-state index in [0.717, 1.165) is 31.6 Å². The molecule has 0 aliphatic carbocycles. The van der Waals surface area contributed by atoms with Gasteiger partial charge in [-0.05, 0) is 60.7 Å². The predicted octanol–water partition coefficient (Wildman–Crippen LogP) is 3.74. The van der Waals surface area contributed by atoms with Crippen LogP contribution >= 0.6 is 11.6 Å². The van der Waals surface area contributed by atoms with E-state index in [1.807, 2.05) is 17.2 Å². The minimum atomic E-state index is -0.193. The molecule has 1 aliphatic heterocycles. The van der Waals surface area contributed by atoms with Gasteiger partial charge in [0, 0.05) is 54.4 Å². The van der Waals surface area contributed by atoms with Crippen LogP contribution in [-0.2, 0) is 4.79 Å². The number of aromatic nitrogens is 2. The maximum atomic E-state index is 12.5. The smallest absolute Gasteiger partial charge is 0.251 e. The summed E-state index contributed by atoms with van der Waals surface area (Å²) in [6.07, 6.45) is 6.01. The third-order valence-electron chi connectivity index (χ3n) is 5.50. The Morgan fingerprint density at radius 3 is 2.69 bits per heavy atom. The van der Waals surface area contributed by atoms with Crippen LogP contribution in [0.25, 0.3) is 11.0 Å². The van der Waals surface area contributed by atoms with Gasteiger partial charge in [0.05, 0.1) is 0 Å². The molecule has 3 heterocycles. The molecule has 2 amide bonds. The molecular weight excluding hydrogens is 388 g/mol. The van der Waals surface area contributed by atoms with Gasteiger partial charge in [-0.3, -0.25) is 9.59 Å². The van der Waals surface area contributed by atoms with Crippen molar-refractivity contribution in [1.29, 1.82) is 0 Å². The fourth-order valence-corrected chi connectivity index (χ4v) is 4.03. The number of aromatic amines is 1. The monoisotopic (exact) mass is 410 g/mol. The number of rotatable bonds is 5. The van der Waals surface area contributed by atoms with Gasteiger partial charge in [-0.15, -0.1) is 0 Å². The molecule has 1 fully saturated rings. The molecule has 7 heteroatoms. The van der Waals surface area contributed by atoms with Gasteiger partial charge in [0.25, 0.3) is 5.91 Å². The molecular formula is C22H23ClN4O2. The van der Waals surface area contributed by atoms with Gasteiger partial charge in [-0.2, -0.15) is 0 Å². The first kappa shape index (κ1) is 19.5. The van der Waals surface area contributed by atoms with Crippen molar-refractivity contribution in [3.8, 4) is 0 Å². The molecule has 1 aromatic carbocycles. The lowest BCUT2D eigenvalue weighted by Crippen LogP contribution is -2.39. The van der Waals surface area contributed by atoms with Crippen molar-refractivity contribution in [3.05, 3.63) is 64.9 Å². The zero-order valence-electron chi connectivity index (χ0n) is 16.0. The lowest BCUT2D eigenvalue weighted by molar-refractivity contribution is -0.132. The minimum absolute atomic E-state index is 0.0837. The first-order valence-corrected chi connectivity index (χ1v) is 10.2. The first-order valence-electron chi connectivity index (χ1n) is 9.85. The van der Waals surface area contributed by atoms with Crippen LogP contribution in [0.2, 0.25) is 5.02 Å². The van der Waals surface area contributed by atoms with Crippen molar-refractivity contribution in [1.82, 2.24) is 20.2 Å². The van der Waals surface area contributed by atoms with Crippen molar-refractivity contribution in [3.63, 3.8) is 0 Å². The van der Waals surface area contributed by atoms with Crippen LogP contribution in [0.1, 0.15) is 41.1 Å². The lowest BCUT2D eigenvalue weighted by Gasteiger charge is -2.32. The molecule has 0 bridgehead atoms. The van der Waals surface area contributed by atoms with Gasteiger partial charge in [-0.25, -0.2) is 4.98 Å². The van der Waals surface area contributed by atoms with Crippen LogP contribution in [0.5, 0.6) is 0 Å². The summed E-state index contributed by atoms with van der Waals surface area (Å²) in [5, 5.41) is 4.55. The van der Waals surface area contributed by atoms with E-state index in [1.165, 1.54) is 10.9 Å². The lowest BCUT2D eigenvalue weighted by atomic mass is 9.89. The highest BCUT2D eigenvalue weighted by molar-refractivity contribution is 6.30. The number of hydrogen-bond donors (Lipinski definition) is 2. The molecule has 3 aromatic rings. The molecule has 2 N–H and O–H groups in total. The van der Waals surface area contributed by atoms with Gasteiger partial charge in [0.2, 0.25) is 5.91 Å². The number of H-pyrrole nitrogens is 1. The Bertz CT molecular complexity index is 1010. The summed E-state index contributed by atoms with van der Waals surface area (Å²) < 4.78 is 0. The maximum Gasteiger partial charge on any atom is 0.251 e. The molecule has 4 rings (SSSR count). The van der Waals surface area contributed by atoms with E-state index in [9.17, 15) is 9.59 Å². The zero-order valence-corrected chi connectivity index (χ0v) is 16.8. The number of hydrogen-bond acceptors (Lipinski definition) is 3. The summed E-state index contributed by atoms with van der Waals surface area (Å²) >= 11 is 5.83. The highest BCUT2D eigenvalue weighted by atomic mass is 35.5. The molecule has 0 unspecified atom stereocenters. The van der Waals surface area contributed by atoms with E-state index in [-0.39, 0.29) is 11.8 Å². The molecule has 2 aromatic heterocycles. The number of amides is 2. The van der Waals surface area contributed by atoms with E-state index in [4.69, 9.17) is 11.6 Å². The third-order valence-corrected chi connectivity index (χ3v) is 5.75. The van der Waals surface area contributed by atoms with Crippen LogP contribution in [0.4, 0.5) is 0 Å². The first-order chi connectivity index (χ1) is 14.1. The molecule has 6 nitrogen and oxygen atoms in total. The number of carbonyl (C=O) groups excluding carboxylic acids is 2. The van der Waals surface area contributed by atoms with E-state index in [2.05, 4.69) is 21.4 Å². The third kappa shape index (κ3) is 4.43. The van der Waals surface area contributed by atoms with Crippen LogP contribution in [0.3, 0.4) is 0 Å². The number of halogens is 1. The van der Waals surface area contributed by atoms with Crippen LogP contribution in [0, 0.1) is 0 Å². The van der Waals surface area contributed by atoms with Gasteiger partial charge in [0.15, 0.2) is 0 Å². The number of pyridine rings is 1. The topological polar surface area (TPSA) is 78.1 Å². The second kappa shape index (κ2) is 8.66. The average molecular weight is 411 g/mol. The normalized spacial score (nSPS) is 14.9. The van der Waals surface area contributed by atoms with Crippen LogP contribution in [0.15, 0.2) is 48.8 Å². The number of fused-ring (bicyclic) bond motifs is 1. The van der Waals surface area contributed by atoms with Crippen molar-refractivity contribution < 1.29 is 9.59 Å². The number of nitrogens with zero attached hydrogens (tertiary/aromatic N) is 2. The predicted molar refractivity (Wildman–Crippen MR) is 113 cm³/mol. The molecule has 0 atom stereocenters. The number of likely N-dealkylation sites (tertiary alicyclic amines) is 1. The Morgan fingerprint density at radius 1 is 1.17 bits per heavy atom. The van der Waals surface area contributed by atoms with E-state index >= 15 is 0 Å². The molecule has 0 radical (unpaired) electrons. The Morgan fingerprint density at radius 2 is 1.93 bits per heavy atom. The number of carbonyl (C=O) groups is 2. The van der Waals surface area contributed by atoms with E-state index in [1.54, 1.807) is 30.5 Å². The molecule has 1 saturated heterocycles. The fraction of sp³-hybridized carbons (Fsp3) is 0.318. The zero-order chi connectivity index (χ0) is 20.2. The minimum Gasteiger partial charge on any atom is -0.352 e. The van der Waals surface area contributed by atoms with Gasteiger partial charge in [0.1, 0.15) is 5.65 Å². The van der Waals surface area contributed by atoms with Crippen LogP contribution < -0.4 is 5.32 Å². The number of piperidine rings is 1. The summed E-state index contributed by atoms with van der Waals surface area (Å²) in [5.41, 5.74) is 2.74. The highest BCUT2D eigenvalue weighted by Crippen LogP contribution is 2.32.